The average molecular weight is 461 g/mol. The molecule has 0 saturated heterocycles. The molecule has 0 atom stereocenters. The van der Waals surface area contributed by atoms with E-state index in [1.807, 2.05) is 24.3 Å². The lowest BCUT2D eigenvalue weighted by Gasteiger charge is -2.27. The van der Waals surface area contributed by atoms with Gasteiger partial charge >= 0.3 is 5.97 Å². The van der Waals surface area contributed by atoms with Crippen LogP contribution in [0, 0.1) is 5.82 Å². The Morgan fingerprint density at radius 3 is 2.56 bits per heavy atom. The van der Waals surface area contributed by atoms with E-state index in [1.165, 1.54) is 19.2 Å². The highest BCUT2D eigenvalue weighted by Crippen LogP contribution is 2.42. The third-order valence-corrected chi connectivity index (χ3v) is 6.53. The van der Waals surface area contributed by atoms with E-state index >= 15 is 0 Å². The Bertz CT molecular complexity index is 1390. The molecule has 0 bridgehead atoms. The molecule has 3 aromatic carbocycles. The summed E-state index contributed by atoms with van der Waals surface area (Å²) in [7, 11) is 1.52. The second kappa shape index (κ2) is 8.82. The summed E-state index contributed by atoms with van der Waals surface area (Å²) in [5.41, 5.74) is 1.41. The quantitative estimate of drug-likeness (QED) is 0.371. The summed E-state index contributed by atoms with van der Waals surface area (Å²) in [6, 6.07) is 17.2. The zero-order chi connectivity index (χ0) is 23.7. The minimum atomic E-state index is -0.923. The molecule has 1 aliphatic carbocycles. The minimum Gasteiger partial charge on any atom is -0.495 e. The first kappa shape index (κ1) is 21.9. The van der Waals surface area contributed by atoms with Crippen LogP contribution in [0.15, 0.2) is 65.1 Å². The Labute approximate surface area is 195 Å². The maximum atomic E-state index is 13.8. The maximum absolute atomic E-state index is 13.8. The van der Waals surface area contributed by atoms with Crippen molar-refractivity contribution in [3.05, 3.63) is 72.0 Å². The standard InChI is InChI=1S/C27H24FNO5/c1-32-24-14-20-19-9-2-3-10-22(19)34-23(20)15-21(24)29-25(30)16-33-26(31)27(11-4-5-12-27)17-7-6-8-18(28)13-17/h2-3,6-10,13-15H,4-5,11-12,16H2,1H3,(H,29,30). The number of halogens is 1. The number of furan rings is 1. The van der Waals surface area contributed by atoms with Gasteiger partial charge in [0.2, 0.25) is 0 Å². The van der Waals surface area contributed by atoms with E-state index in [-0.39, 0.29) is 0 Å². The highest BCUT2D eigenvalue weighted by Gasteiger charge is 2.44. The summed E-state index contributed by atoms with van der Waals surface area (Å²) in [6.45, 7) is -0.461. The summed E-state index contributed by atoms with van der Waals surface area (Å²) in [4.78, 5) is 25.7. The van der Waals surface area contributed by atoms with Crippen LogP contribution in [0.3, 0.4) is 0 Å². The Balaban J connectivity index is 1.33. The van der Waals surface area contributed by atoms with Crippen molar-refractivity contribution in [2.45, 2.75) is 31.1 Å². The minimum absolute atomic E-state index is 0.401. The fourth-order valence-corrected chi connectivity index (χ4v) is 4.85. The zero-order valence-electron chi connectivity index (χ0n) is 18.7. The number of carbonyl (C=O) groups excluding carboxylic acids is 2. The normalized spacial score (nSPS) is 14.9. The molecule has 1 saturated carbocycles. The molecule has 4 aromatic rings. The molecular weight excluding hydrogens is 437 g/mol. The fraction of sp³-hybridized carbons (Fsp3) is 0.259. The number of amides is 1. The summed E-state index contributed by atoms with van der Waals surface area (Å²) >= 11 is 0. The number of methoxy groups -OCH3 is 1. The topological polar surface area (TPSA) is 77.8 Å². The van der Waals surface area contributed by atoms with Crippen LogP contribution in [0.1, 0.15) is 31.2 Å². The predicted octanol–water partition coefficient (Wildman–Crippen LogP) is 5.73. The second-order valence-electron chi connectivity index (χ2n) is 8.57. The van der Waals surface area contributed by atoms with Crippen molar-refractivity contribution in [1.82, 2.24) is 0 Å². The molecule has 0 spiro atoms. The van der Waals surface area contributed by atoms with Crippen molar-refractivity contribution in [1.29, 1.82) is 0 Å². The number of hydrogen-bond donors (Lipinski definition) is 1. The van der Waals surface area contributed by atoms with Gasteiger partial charge in [-0.2, -0.15) is 0 Å². The molecule has 34 heavy (non-hydrogen) atoms. The molecule has 7 heteroatoms. The fourth-order valence-electron chi connectivity index (χ4n) is 4.85. The van der Waals surface area contributed by atoms with Crippen LogP contribution in [0.5, 0.6) is 5.75 Å². The number of para-hydroxylation sites is 1. The first-order valence-electron chi connectivity index (χ1n) is 11.2. The van der Waals surface area contributed by atoms with Crippen molar-refractivity contribution in [3.63, 3.8) is 0 Å². The van der Waals surface area contributed by atoms with Crippen LogP contribution in [-0.2, 0) is 19.7 Å². The molecule has 1 heterocycles. The van der Waals surface area contributed by atoms with E-state index in [1.54, 1.807) is 24.3 Å². The highest BCUT2D eigenvalue weighted by molar-refractivity contribution is 6.08. The Morgan fingerprint density at radius 2 is 1.79 bits per heavy atom. The van der Waals surface area contributed by atoms with Crippen molar-refractivity contribution in [3.8, 4) is 5.75 Å². The molecule has 5 rings (SSSR count). The summed E-state index contributed by atoms with van der Waals surface area (Å²) < 4.78 is 30.6. The van der Waals surface area contributed by atoms with Gasteiger partial charge in [-0.05, 0) is 42.7 Å². The monoisotopic (exact) mass is 461 g/mol. The van der Waals surface area contributed by atoms with Crippen molar-refractivity contribution in [2.75, 3.05) is 19.0 Å². The highest BCUT2D eigenvalue weighted by atomic mass is 19.1. The molecule has 0 aliphatic heterocycles. The first-order chi connectivity index (χ1) is 16.5. The van der Waals surface area contributed by atoms with Gasteiger partial charge in [-0.15, -0.1) is 0 Å². The number of ether oxygens (including phenoxy) is 2. The summed E-state index contributed by atoms with van der Waals surface area (Å²) in [5.74, 6) is -0.951. The predicted molar refractivity (Wildman–Crippen MR) is 126 cm³/mol. The zero-order valence-corrected chi connectivity index (χ0v) is 18.7. The molecule has 1 N–H and O–H groups in total. The number of anilines is 1. The lowest BCUT2D eigenvalue weighted by Crippen LogP contribution is -2.36. The van der Waals surface area contributed by atoms with Crippen LogP contribution < -0.4 is 10.1 Å². The second-order valence-corrected chi connectivity index (χ2v) is 8.57. The number of carbonyl (C=O) groups is 2. The van der Waals surface area contributed by atoms with Gasteiger partial charge in [-0.25, -0.2) is 4.39 Å². The largest absolute Gasteiger partial charge is 0.495 e. The molecule has 1 fully saturated rings. The van der Waals surface area contributed by atoms with Gasteiger partial charge in [-0.1, -0.05) is 43.2 Å². The van der Waals surface area contributed by atoms with Crippen molar-refractivity contribution in [2.24, 2.45) is 0 Å². The van der Waals surface area contributed by atoms with E-state index in [2.05, 4.69) is 5.32 Å². The summed E-state index contributed by atoms with van der Waals surface area (Å²) in [5, 5.41) is 4.56. The molecule has 1 aromatic heterocycles. The van der Waals surface area contributed by atoms with E-state index in [0.29, 0.717) is 35.4 Å². The first-order valence-corrected chi connectivity index (χ1v) is 11.2. The van der Waals surface area contributed by atoms with Crippen LogP contribution in [0.4, 0.5) is 10.1 Å². The number of hydrogen-bond acceptors (Lipinski definition) is 5. The maximum Gasteiger partial charge on any atom is 0.317 e. The van der Waals surface area contributed by atoms with Gasteiger partial charge in [-0.3, -0.25) is 9.59 Å². The third-order valence-electron chi connectivity index (χ3n) is 6.53. The molecule has 174 valence electrons. The lowest BCUT2D eigenvalue weighted by atomic mass is 9.79. The molecular formula is C27H24FNO5. The van der Waals surface area contributed by atoms with E-state index in [4.69, 9.17) is 13.9 Å². The number of esters is 1. The van der Waals surface area contributed by atoms with Crippen LogP contribution in [0.2, 0.25) is 0 Å². The van der Waals surface area contributed by atoms with Gasteiger partial charge < -0.3 is 19.2 Å². The molecule has 1 amide bonds. The van der Waals surface area contributed by atoms with Crippen molar-refractivity contribution >= 4 is 39.5 Å². The Morgan fingerprint density at radius 1 is 1.00 bits per heavy atom. The molecule has 1 aliphatic rings. The molecule has 6 nitrogen and oxygen atoms in total. The number of nitrogens with one attached hydrogen (secondary N) is 1. The van der Waals surface area contributed by atoms with Crippen LogP contribution >= 0.6 is 0 Å². The summed E-state index contributed by atoms with van der Waals surface area (Å²) in [6.07, 6.45) is 2.81. The van der Waals surface area contributed by atoms with E-state index in [0.717, 1.165) is 29.2 Å². The van der Waals surface area contributed by atoms with Crippen LogP contribution in [0.25, 0.3) is 21.9 Å². The Kier molecular flexibility index (Phi) is 5.69. The van der Waals surface area contributed by atoms with Gasteiger partial charge in [0.15, 0.2) is 6.61 Å². The van der Waals surface area contributed by atoms with Crippen LogP contribution in [-0.4, -0.2) is 25.6 Å². The smallest absolute Gasteiger partial charge is 0.317 e. The van der Waals surface area contributed by atoms with Gasteiger partial charge in [0.1, 0.15) is 22.7 Å². The number of rotatable bonds is 6. The Hall–Kier alpha value is -3.87. The third kappa shape index (κ3) is 3.87. The average Bonchev–Trinajstić information content (AvgIpc) is 3.47. The van der Waals surface area contributed by atoms with E-state index in [9.17, 15) is 14.0 Å². The molecule has 0 radical (unpaired) electrons. The van der Waals surface area contributed by atoms with Crippen molar-refractivity contribution < 1.29 is 27.9 Å². The van der Waals surface area contributed by atoms with Gasteiger partial charge in [0, 0.05) is 16.8 Å². The van der Waals surface area contributed by atoms with Gasteiger partial charge in [0.25, 0.3) is 5.91 Å². The lowest BCUT2D eigenvalue weighted by molar-refractivity contribution is -0.153. The van der Waals surface area contributed by atoms with E-state index < -0.39 is 29.7 Å². The molecule has 0 unspecified atom stereocenters. The number of fused-ring (bicyclic) bond motifs is 3. The SMILES string of the molecule is COc1cc2c(cc1NC(=O)COC(=O)C1(c3cccc(F)c3)CCCC1)oc1ccccc12. The van der Waals surface area contributed by atoms with Gasteiger partial charge in [0.05, 0.1) is 18.2 Å². The number of benzene rings is 3.